The molecule has 2 amide bonds. The molecule has 8 nitrogen and oxygen atoms in total. The van der Waals surface area contributed by atoms with Crippen LogP contribution in [-0.2, 0) is 16.5 Å². The summed E-state index contributed by atoms with van der Waals surface area (Å²) in [6.07, 6.45) is -3.69. The van der Waals surface area contributed by atoms with Gasteiger partial charge in [-0.2, -0.15) is 13.2 Å². The quantitative estimate of drug-likeness (QED) is 0.266. The second-order valence-corrected chi connectivity index (χ2v) is 11.2. The van der Waals surface area contributed by atoms with E-state index in [1.165, 1.54) is 12.0 Å². The predicted molar refractivity (Wildman–Crippen MR) is 151 cm³/mol. The normalized spacial score (nSPS) is 17.7. The summed E-state index contributed by atoms with van der Waals surface area (Å²) in [7, 11) is 1.23. The molecular weight excluding hydrogens is 594 g/mol. The van der Waals surface area contributed by atoms with Gasteiger partial charge >= 0.3 is 6.18 Å². The second-order valence-electron chi connectivity index (χ2n) is 10.3. The topological polar surface area (TPSA) is 89.3 Å². The average Bonchev–Trinajstić information content (AvgIpc) is 3.53. The standard InChI is InChI=1S/C29H22Cl2F3N5O3/c1-13(2)38-24-23(37-25(38)17-12-35-22(29(32,33)34)11-21(17)42-4)26(40)39(20-10-16(31)6-5-14(20)3)28(24)18-8-7-15(30)9-19(18)36-27(28)41/h5-13H,1-4H3,(H,36,41). The minimum atomic E-state index is -4.71. The van der Waals surface area contributed by atoms with Crippen LogP contribution in [0.1, 0.15) is 52.9 Å². The monoisotopic (exact) mass is 615 g/mol. The predicted octanol–water partition coefficient (Wildman–Crippen LogP) is 7.02. The molecule has 2 aromatic carbocycles. The summed E-state index contributed by atoms with van der Waals surface area (Å²) in [5.41, 5.74) is -0.629. The van der Waals surface area contributed by atoms with Crippen molar-refractivity contribution in [3.8, 4) is 17.1 Å². The number of imidazole rings is 1. The number of benzene rings is 2. The van der Waals surface area contributed by atoms with Crippen LogP contribution in [0.3, 0.4) is 0 Å². The van der Waals surface area contributed by atoms with Crippen LogP contribution < -0.4 is 15.0 Å². The van der Waals surface area contributed by atoms with Crippen LogP contribution in [0.5, 0.6) is 5.75 Å². The molecule has 216 valence electrons. The smallest absolute Gasteiger partial charge is 0.433 e. The highest BCUT2D eigenvalue weighted by molar-refractivity contribution is 6.32. The lowest BCUT2D eigenvalue weighted by molar-refractivity contribution is -0.141. The van der Waals surface area contributed by atoms with Gasteiger partial charge in [0.25, 0.3) is 11.8 Å². The van der Waals surface area contributed by atoms with E-state index in [9.17, 15) is 22.8 Å². The van der Waals surface area contributed by atoms with E-state index >= 15 is 0 Å². The molecule has 0 aliphatic carbocycles. The number of hydrogen-bond donors (Lipinski definition) is 1. The summed E-state index contributed by atoms with van der Waals surface area (Å²) < 4.78 is 47.4. The van der Waals surface area contributed by atoms with Crippen LogP contribution in [-0.4, -0.2) is 33.5 Å². The van der Waals surface area contributed by atoms with Gasteiger partial charge in [0.15, 0.2) is 11.2 Å². The Morgan fingerprint density at radius 1 is 1.05 bits per heavy atom. The van der Waals surface area contributed by atoms with Crippen molar-refractivity contribution < 1.29 is 27.5 Å². The van der Waals surface area contributed by atoms with Crippen molar-refractivity contribution in [2.24, 2.45) is 0 Å². The Labute approximate surface area is 248 Å². The van der Waals surface area contributed by atoms with Crippen molar-refractivity contribution in [2.75, 3.05) is 17.3 Å². The number of halogens is 5. The maximum atomic E-state index is 14.4. The van der Waals surface area contributed by atoms with Gasteiger partial charge in [-0.1, -0.05) is 35.3 Å². The van der Waals surface area contributed by atoms with Gasteiger partial charge in [-0.3, -0.25) is 19.5 Å². The maximum absolute atomic E-state index is 14.4. The molecule has 2 aromatic heterocycles. The van der Waals surface area contributed by atoms with Crippen LogP contribution >= 0.6 is 23.2 Å². The number of carbonyl (C=O) groups is 2. The Morgan fingerprint density at radius 3 is 2.40 bits per heavy atom. The number of anilines is 2. The highest BCUT2D eigenvalue weighted by Gasteiger charge is 2.64. The lowest BCUT2D eigenvalue weighted by Gasteiger charge is -2.36. The number of hydrogen-bond acceptors (Lipinski definition) is 5. The fraction of sp³-hybridized carbons (Fsp3) is 0.241. The van der Waals surface area contributed by atoms with Gasteiger partial charge in [0.2, 0.25) is 0 Å². The first kappa shape index (κ1) is 28.0. The molecule has 1 spiro atoms. The summed E-state index contributed by atoms with van der Waals surface area (Å²) in [6.45, 7) is 5.42. The summed E-state index contributed by atoms with van der Waals surface area (Å²) in [5.74, 6) is -1.14. The zero-order valence-corrected chi connectivity index (χ0v) is 24.1. The van der Waals surface area contributed by atoms with E-state index < -0.39 is 35.3 Å². The first-order valence-electron chi connectivity index (χ1n) is 12.8. The van der Waals surface area contributed by atoms with Gasteiger partial charge in [-0.15, -0.1) is 0 Å². The van der Waals surface area contributed by atoms with Crippen LogP contribution in [0, 0.1) is 6.92 Å². The minimum Gasteiger partial charge on any atom is -0.496 e. The number of pyridine rings is 1. The van der Waals surface area contributed by atoms with E-state index in [1.54, 1.807) is 47.9 Å². The van der Waals surface area contributed by atoms with E-state index in [0.29, 0.717) is 32.5 Å². The Hall–Kier alpha value is -4.09. The number of carbonyl (C=O) groups excluding carboxylic acids is 2. The maximum Gasteiger partial charge on any atom is 0.433 e. The average molecular weight is 616 g/mol. The van der Waals surface area contributed by atoms with Gasteiger partial charge in [0.1, 0.15) is 17.3 Å². The van der Waals surface area contributed by atoms with Crippen molar-refractivity contribution in [1.82, 2.24) is 14.5 Å². The van der Waals surface area contributed by atoms with Crippen molar-refractivity contribution in [1.29, 1.82) is 0 Å². The molecule has 1 atom stereocenters. The third-order valence-corrected chi connectivity index (χ3v) is 7.96. The first-order valence-corrected chi connectivity index (χ1v) is 13.5. The molecule has 0 fully saturated rings. The Morgan fingerprint density at radius 2 is 1.74 bits per heavy atom. The molecule has 2 aliphatic heterocycles. The fourth-order valence-corrected chi connectivity index (χ4v) is 6.09. The molecule has 42 heavy (non-hydrogen) atoms. The number of ether oxygens (including phenoxy) is 1. The number of methoxy groups -OCH3 is 1. The number of aryl methyl sites for hydroxylation is 1. The molecule has 0 bridgehead atoms. The number of fused-ring (bicyclic) bond motifs is 4. The third-order valence-electron chi connectivity index (χ3n) is 7.49. The van der Waals surface area contributed by atoms with Crippen molar-refractivity contribution in [2.45, 2.75) is 38.5 Å². The molecule has 1 unspecified atom stereocenters. The van der Waals surface area contributed by atoms with Crippen LogP contribution in [0.2, 0.25) is 10.0 Å². The summed E-state index contributed by atoms with van der Waals surface area (Å²) >= 11 is 12.6. The molecule has 4 heterocycles. The first-order chi connectivity index (χ1) is 19.8. The van der Waals surface area contributed by atoms with Gasteiger partial charge in [0.05, 0.1) is 24.1 Å². The van der Waals surface area contributed by atoms with E-state index in [2.05, 4.69) is 15.3 Å². The van der Waals surface area contributed by atoms with Crippen LogP contribution in [0.4, 0.5) is 24.5 Å². The van der Waals surface area contributed by atoms with Crippen molar-refractivity contribution in [3.05, 3.63) is 86.9 Å². The molecule has 13 heteroatoms. The molecular formula is C29H22Cl2F3N5O3. The summed E-state index contributed by atoms with van der Waals surface area (Å²) in [5, 5.41) is 3.60. The minimum absolute atomic E-state index is 0.0435. The molecule has 6 rings (SSSR count). The fourth-order valence-electron chi connectivity index (χ4n) is 5.75. The van der Waals surface area contributed by atoms with E-state index in [4.69, 9.17) is 27.9 Å². The number of nitrogens with zero attached hydrogens (tertiary/aromatic N) is 4. The zero-order chi connectivity index (χ0) is 30.3. The van der Waals surface area contributed by atoms with Gasteiger partial charge in [0, 0.05) is 39.6 Å². The largest absolute Gasteiger partial charge is 0.496 e. The molecule has 0 saturated carbocycles. The Balaban J connectivity index is 1.71. The molecule has 0 radical (unpaired) electrons. The molecule has 0 saturated heterocycles. The van der Waals surface area contributed by atoms with Gasteiger partial charge < -0.3 is 14.6 Å². The molecule has 4 aromatic rings. The zero-order valence-electron chi connectivity index (χ0n) is 22.6. The van der Waals surface area contributed by atoms with Crippen LogP contribution in [0.15, 0.2) is 48.7 Å². The lowest BCUT2D eigenvalue weighted by Crippen LogP contribution is -2.51. The van der Waals surface area contributed by atoms with Crippen molar-refractivity contribution >= 4 is 46.4 Å². The number of rotatable bonds is 4. The highest BCUT2D eigenvalue weighted by atomic mass is 35.5. The number of aromatic nitrogens is 3. The van der Waals surface area contributed by atoms with Gasteiger partial charge in [-0.05, 0) is 50.6 Å². The molecule has 2 aliphatic rings. The number of nitrogens with one attached hydrogen (secondary N) is 1. The molecule has 1 N–H and O–H groups in total. The van der Waals surface area contributed by atoms with Gasteiger partial charge in [-0.25, -0.2) is 4.98 Å². The number of amides is 2. The Kier molecular flexibility index (Phi) is 6.32. The Bertz CT molecular complexity index is 1820. The van der Waals surface area contributed by atoms with E-state index in [-0.39, 0.29) is 28.5 Å². The second kappa shape index (κ2) is 9.47. The highest BCUT2D eigenvalue weighted by Crippen LogP contribution is 2.55. The van der Waals surface area contributed by atoms with Crippen LogP contribution in [0.25, 0.3) is 11.4 Å². The lowest BCUT2D eigenvalue weighted by atomic mass is 9.86. The SMILES string of the molecule is COc1cc(C(F)(F)F)ncc1-c1nc2c(n1C(C)C)C1(C(=O)Nc3cc(Cl)ccc31)N(c1cc(Cl)ccc1C)C2=O. The number of alkyl halides is 3. The summed E-state index contributed by atoms with van der Waals surface area (Å²) in [6, 6.07) is 10.3. The third kappa shape index (κ3) is 3.83. The van der Waals surface area contributed by atoms with E-state index in [1.807, 2.05) is 13.8 Å². The van der Waals surface area contributed by atoms with Crippen molar-refractivity contribution in [3.63, 3.8) is 0 Å². The summed E-state index contributed by atoms with van der Waals surface area (Å²) in [4.78, 5) is 38.3. The van der Waals surface area contributed by atoms with E-state index in [0.717, 1.165) is 12.3 Å².